The first-order valence-electron chi connectivity index (χ1n) is 9.28. The summed E-state index contributed by atoms with van der Waals surface area (Å²) < 4.78 is 7.50. The largest absolute Gasteiger partial charge is 0.457 e. The minimum atomic E-state index is -0.540. The van der Waals surface area contributed by atoms with Gasteiger partial charge >= 0.3 is 0 Å². The summed E-state index contributed by atoms with van der Waals surface area (Å²) in [6, 6.07) is 9.19. The molecule has 0 saturated heterocycles. The van der Waals surface area contributed by atoms with Crippen LogP contribution in [-0.4, -0.2) is 20.6 Å². The highest BCUT2D eigenvalue weighted by atomic mass is 35.5. The van der Waals surface area contributed by atoms with Crippen LogP contribution in [0.4, 0.5) is 11.4 Å². The van der Waals surface area contributed by atoms with Gasteiger partial charge in [-0.25, -0.2) is 0 Å². The number of nitrogens with one attached hydrogen (secondary N) is 1. The zero-order valence-corrected chi connectivity index (χ0v) is 17.8. The van der Waals surface area contributed by atoms with E-state index >= 15 is 0 Å². The summed E-state index contributed by atoms with van der Waals surface area (Å²) in [4.78, 5) is 23.7. The van der Waals surface area contributed by atoms with E-state index in [2.05, 4.69) is 10.4 Å². The van der Waals surface area contributed by atoms with Crippen LogP contribution in [-0.2, 0) is 6.54 Å². The van der Waals surface area contributed by atoms with Crippen molar-refractivity contribution in [2.45, 2.75) is 34.2 Å². The van der Waals surface area contributed by atoms with Crippen LogP contribution in [0, 0.1) is 30.9 Å². The number of aryl methyl sites for hydroxylation is 3. The first-order valence-corrected chi connectivity index (χ1v) is 9.66. The lowest BCUT2D eigenvalue weighted by Gasteiger charge is -2.11. The van der Waals surface area contributed by atoms with Crippen molar-refractivity contribution >= 4 is 28.9 Å². The second-order valence-electron chi connectivity index (χ2n) is 6.80. The average Bonchev–Trinajstić information content (AvgIpc) is 2.98. The van der Waals surface area contributed by atoms with E-state index in [1.165, 1.54) is 18.2 Å². The zero-order valence-electron chi connectivity index (χ0n) is 17.0. The number of amides is 1. The molecule has 156 valence electrons. The molecule has 8 nitrogen and oxygen atoms in total. The number of hydrogen-bond donors (Lipinski definition) is 1. The van der Waals surface area contributed by atoms with Gasteiger partial charge in [-0.3, -0.25) is 19.6 Å². The summed E-state index contributed by atoms with van der Waals surface area (Å²) in [5.41, 5.74) is 2.62. The molecule has 0 aliphatic rings. The van der Waals surface area contributed by atoms with Gasteiger partial charge in [0.2, 0.25) is 0 Å². The van der Waals surface area contributed by atoms with Crippen molar-refractivity contribution in [3.8, 4) is 11.5 Å². The number of hydrogen-bond acceptors (Lipinski definition) is 5. The minimum Gasteiger partial charge on any atom is -0.457 e. The SMILES string of the molecule is CCn1nc(C)c(C(=O)Nc2cc(Oc3ccc(Cl)c(C)c3)cc([N+](=O)[O-])c2)c1C. The Balaban J connectivity index is 1.93. The third-order valence-corrected chi connectivity index (χ3v) is 5.06. The fraction of sp³-hybridized carbons (Fsp3) is 0.238. The Morgan fingerprint density at radius 1 is 1.20 bits per heavy atom. The molecule has 1 heterocycles. The molecule has 30 heavy (non-hydrogen) atoms. The van der Waals surface area contributed by atoms with Gasteiger partial charge in [0.05, 0.1) is 27.9 Å². The van der Waals surface area contributed by atoms with Crippen molar-refractivity contribution in [1.82, 2.24) is 9.78 Å². The topological polar surface area (TPSA) is 99.3 Å². The van der Waals surface area contributed by atoms with Gasteiger partial charge in [0.15, 0.2) is 0 Å². The summed E-state index contributed by atoms with van der Waals surface area (Å²) >= 11 is 6.03. The predicted molar refractivity (Wildman–Crippen MR) is 115 cm³/mol. The molecule has 2 aromatic carbocycles. The summed E-state index contributed by atoms with van der Waals surface area (Å²) in [5.74, 6) is 0.308. The van der Waals surface area contributed by atoms with Gasteiger partial charge in [0.25, 0.3) is 11.6 Å². The van der Waals surface area contributed by atoms with Gasteiger partial charge in [-0.15, -0.1) is 0 Å². The van der Waals surface area contributed by atoms with E-state index < -0.39 is 10.8 Å². The van der Waals surface area contributed by atoms with Crippen molar-refractivity contribution in [2.24, 2.45) is 0 Å². The molecule has 0 radical (unpaired) electrons. The number of carbonyl (C=O) groups is 1. The smallest absolute Gasteiger partial charge is 0.275 e. The van der Waals surface area contributed by atoms with Gasteiger partial charge in [-0.05, 0) is 51.5 Å². The lowest BCUT2D eigenvalue weighted by molar-refractivity contribution is -0.384. The van der Waals surface area contributed by atoms with Gasteiger partial charge in [0.1, 0.15) is 11.5 Å². The maximum Gasteiger partial charge on any atom is 0.275 e. The fourth-order valence-electron chi connectivity index (χ4n) is 3.16. The number of rotatable bonds is 6. The first kappa shape index (κ1) is 21.3. The van der Waals surface area contributed by atoms with E-state index in [9.17, 15) is 14.9 Å². The zero-order chi connectivity index (χ0) is 22.0. The standard InChI is InChI=1S/C21H21ClN4O4/c1-5-25-14(4)20(13(3)24-25)21(27)23-15-9-16(26(28)29)11-18(10-15)30-17-6-7-19(22)12(2)8-17/h6-11H,5H2,1-4H3,(H,23,27). The Hall–Kier alpha value is -3.39. The Kier molecular flexibility index (Phi) is 6.07. The second kappa shape index (κ2) is 8.54. The molecule has 0 atom stereocenters. The molecule has 9 heteroatoms. The molecule has 1 N–H and O–H groups in total. The molecule has 0 spiro atoms. The molecule has 0 saturated carbocycles. The highest BCUT2D eigenvalue weighted by Crippen LogP contribution is 2.31. The van der Waals surface area contributed by atoms with Crippen molar-refractivity contribution in [2.75, 3.05) is 5.32 Å². The molecular formula is C21H21ClN4O4. The minimum absolute atomic E-state index is 0.203. The Morgan fingerprint density at radius 2 is 1.93 bits per heavy atom. The van der Waals surface area contributed by atoms with Crippen LogP contribution >= 0.6 is 11.6 Å². The Morgan fingerprint density at radius 3 is 2.53 bits per heavy atom. The molecule has 1 aromatic heterocycles. The fourth-order valence-corrected chi connectivity index (χ4v) is 3.28. The lowest BCUT2D eigenvalue weighted by atomic mass is 10.1. The summed E-state index contributed by atoms with van der Waals surface area (Å²) in [6.45, 7) is 7.96. The van der Waals surface area contributed by atoms with E-state index in [4.69, 9.17) is 16.3 Å². The predicted octanol–water partition coefficient (Wildman–Crippen LogP) is 5.43. The monoisotopic (exact) mass is 428 g/mol. The van der Waals surface area contributed by atoms with E-state index in [0.717, 1.165) is 11.3 Å². The van der Waals surface area contributed by atoms with Crippen molar-refractivity contribution in [1.29, 1.82) is 0 Å². The third kappa shape index (κ3) is 4.44. The van der Waals surface area contributed by atoms with Crippen LogP contribution < -0.4 is 10.1 Å². The number of benzene rings is 2. The van der Waals surface area contributed by atoms with E-state index in [1.807, 2.05) is 20.8 Å². The van der Waals surface area contributed by atoms with E-state index in [1.54, 1.807) is 29.8 Å². The third-order valence-electron chi connectivity index (χ3n) is 4.63. The number of nitro groups is 1. The first-order chi connectivity index (χ1) is 14.2. The normalized spacial score (nSPS) is 10.7. The van der Waals surface area contributed by atoms with Crippen molar-refractivity contribution < 1.29 is 14.5 Å². The van der Waals surface area contributed by atoms with E-state index in [-0.39, 0.29) is 17.1 Å². The maximum absolute atomic E-state index is 12.8. The molecule has 0 fully saturated rings. The molecule has 0 unspecified atom stereocenters. The lowest BCUT2D eigenvalue weighted by Crippen LogP contribution is -2.14. The summed E-state index contributed by atoms with van der Waals surface area (Å²) in [6.07, 6.45) is 0. The highest BCUT2D eigenvalue weighted by molar-refractivity contribution is 6.31. The maximum atomic E-state index is 12.8. The number of aromatic nitrogens is 2. The van der Waals surface area contributed by atoms with Gasteiger partial charge in [-0.1, -0.05) is 11.6 Å². The summed E-state index contributed by atoms with van der Waals surface area (Å²) in [5, 5.41) is 19.0. The van der Waals surface area contributed by atoms with Crippen LogP contribution in [0.2, 0.25) is 5.02 Å². The number of nitro benzene ring substituents is 1. The highest BCUT2D eigenvalue weighted by Gasteiger charge is 2.20. The molecule has 3 aromatic rings. The average molecular weight is 429 g/mol. The van der Waals surface area contributed by atoms with Crippen LogP contribution in [0.3, 0.4) is 0 Å². The summed E-state index contributed by atoms with van der Waals surface area (Å²) in [7, 11) is 0. The number of anilines is 1. The van der Waals surface area contributed by atoms with Gasteiger partial charge in [0, 0.05) is 29.4 Å². The molecule has 0 aliphatic carbocycles. The number of nitrogens with zero attached hydrogens (tertiary/aromatic N) is 3. The van der Waals surface area contributed by atoms with Crippen LogP contribution in [0.5, 0.6) is 11.5 Å². The quantitative estimate of drug-likeness (QED) is 0.416. The molecular weight excluding hydrogens is 408 g/mol. The number of halogens is 1. The Labute approximate surface area is 178 Å². The van der Waals surface area contributed by atoms with E-state index in [0.29, 0.717) is 28.6 Å². The number of non-ortho nitro benzene ring substituents is 1. The number of carbonyl (C=O) groups excluding carboxylic acids is 1. The van der Waals surface area contributed by atoms with Gasteiger partial charge < -0.3 is 10.1 Å². The van der Waals surface area contributed by atoms with Crippen LogP contribution in [0.25, 0.3) is 0 Å². The Bertz CT molecular complexity index is 1140. The molecule has 0 bridgehead atoms. The number of ether oxygens (including phenoxy) is 1. The van der Waals surface area contributed by atoms with Gasteiger partial charge in [-0.2, -0.15) is 5.10 Å². The van der Waals surface area contributed by atoms with Crippen LogP contribution in [0.1, 0.15) is 34.2 Å². The second-order valence-corrected chi connectivity index (χ2v) is 7.21. The molecule has 3 rings (SSSR count). The van der Waals surface area contributed by atoms with Crippen LogP contribution in [0.15, 0.2) is 36.4 Å². The molecule has 1 amide bonds. The van der Waals surface area contributed by atoms with Crippen molar-refractivity contribution in [3.63, 3.8) is 0 Å². The molecule has 0 aliphatic heterocycles. The van der Waals surface area contributed by atoms with Crippen molar-refractivity contribution in [3.05, 3.63) is 74.0 Å².